The number of aliphatic hydroxyl groups excluding tert-OH is 1. The van der Waals surface area contributed by atoms with Gasteiger partial charge >= 0.3 is 0 Å². The van der Waals surface area contributed by atoms with Gasteiger partial charge in [-0.05, 0) is 36.2 Å². The van der Waals surface area contributed by atoms with E-state index in [9.17, 15) is 5.11 Å². The van der Waals surface area contributed by atoms with E-state index < -0.39 is 6.10 Å². The van der Waals surface area contributed by atoms with Crippen LogP contribution in [0.4, 0.5) is 0 Å². The van der Waals surface area contributed by atoms with E-state index in [2.05, 4.69) is 22.4 Å². The minimum Gasteiger partial charge on any atom is -0.491 e. The number of hydrogen-bond donors (Lipinski definition) is 2. The summed E-state index contributed by atoms with van der Waals surface area (Å²) >= 11 is 0. The molecule has 0 bridgehead atoms. The predicted molar refractivity (Wildman–Crippen MR) is 103 cm³/mol. The number of hydrogen-bond acceptors (Lipinski definition) is 4. The zero-order valence-corrected chi connectivity index (χ0v) is 14.9. The van der Waals surface area contributed by atoms with Crippen LogP contribution >= 0.6 is 0 Å². The van der Waals surface area contributed by atoms with E-state index in [4.69, 9.17) is 4.74 Å². The van der Waals surface area contributed by atoms with Crippen molar-refractivity contribution in [1.82, 2.24) is 10.3 Å². The molecule has 4 heteroatoms. The Morgan fingerprint density at radius 2 is 1.69 bits per heavy atom. The van der Waals surface area contributed by atoms with Crippen molar-refractivity contribution in [3.8, 4) is 5.75 Å². The van der Waals surface area contributed by atoms with Gasteiger partial charge in [-0.2, -0.15) is 0 Å². The largest absolute Gasteiger partial charge is 0.491 e. The van der Waals surface area contributed by atoms with Gasteiger partial charge in [0.1, 0.15) is 18.5 Å². The number of pyridine rings is 1. The normalized spacial score (nSPS) is 13.2. The lowest BCUT2D eigenvalue weighted by Gasteiger charge is -2.21. The number of nitrogens with one attached hydrogen (secondary N) is 1. The number of aromatic nitrogens is 1. The lowest BCUT2D eigenvalue weighted by molar-refractivity contribution is 0.104. The van der Waals surface area contributed by atoms with Gasteiger partial charge in [-0.1, -0.05) is 54.6 Å². The van der Waals surface area contributed by atoms with Crippen LogP contribution in [0.25, 0.3) is 0 Å². The molecule has 2 atom stereocenters. The molecule has 1 heterocycles. The first-order valence-corrected chi connectivity index (χ1v) is 8.80. The fourth-order valence-corrected chi connectivity index (χ4v) is 2.80. The lowest BCUT2D eigenvalue weighted by Crippen LogP contribution is -2.34. The van der Waals surface area contributed by atoms with Crippen LogP contribution in [0.15, 0.2) is 79.0 Å². The second-order valence-electron chi connectivity index (χ2n) is 6.24. The van der Waals surface area contributed by atoms with E-state index in [1.807, 2.05) is 67.6 Å². The van der Waals surface area contributed by atoms with Crippen molar-refractivity contribution in [3.05, 3.63) is 95.8 Å². The van der Waals surface area contributed by atoms with E-state index in [-0.39, 0.29) is 12.6 Å². The Hall–Kier alpha value is -2.69. The first kappa shape index (κ1) is 18.1. The maximum atomic E-state index is 10.3. The van der Waals surface area contributed by atoms with Gasteiger partial charge in [-0.3, -0.25) is 4.98 Å². The van der Waals surface area contributed by atoms with Crippen molar-refractivity contribution in [2.24, 2.45) is 0 Å². The van der Waals surface area contributed by atoms with Gasteiger partial charge in [0.15, 0.2) is 0 Å². The van der Waals surface area contributed by atoms with Crippen LogP contribution in [-0.4, -0.2) is 29.3 Å². The zero-order chi connectivity index (χ0) is 18.2. The van der Waals surface area contributed by atoms with Gasteiger partial charge in [0.05, 0.1) is 11.7 Å². The van der Waals surface area contributed by atoms with Gasteiger partial charge in [0.25, 0.3) is 0 Å². The maximum absolute atomic E-state index is 10.3. The molecule has 0 aliphatic carbocycles. The van der Waals surface area contributed by atoms with Crippen LogP contribution in [0, 0.1) is 6.92 Å². The summed E-state index contributed by atoms with van der Waals surface area (Å²) in [5.74, 6) is 0.802. The number of aliphatic hydroxyl groups is 1. The van der Waals surface area contributed by atoms with E-state index in [1.54, 1.807) is 6.20 Å². The highest BCUT2D eigenvalue weighted by atomic mass is 16.5. The van der Waals surface area contributed by atoms with Crippen molar-refractivity contribution in [2.45, 2.75) is 19.1 Å². The van der Waals surface area contributed by atoms with E-state index in [0.29, 0.717) is 6.54 Å². The molecule has 2 aromatic carbocycles. The van der Waals surface area contributed by atoms with Gasteiger partial charge in [-0.25, -0.2) is 0 Å². The third kappa shape index (κ3) is 4.91. The summed E-state index contributed by atoms with van der Waals surface area (Å²) < 4.78 is 5.74. The minimum atomic E-state index is -0.621. The molecule has 4 nitrogen and oxygen atoms in total. The zero-order valence-electron chi connectivity index (χ0n) is 14.9. The Morgan fingerprint density at radius 1 is 0.962 bits per heavy atom. The van der Waals surface area contributed by atoms with Gasteiger partial charge in [0.2, 0.25) is 0 Å². The van der Waals surface area contributed by atoms with Crippen LogP contribution in [0.2, 0.25) is 0 Å². The molecule has 3 aromatic rings. The average molecular weight is 348 g/mol. The summed E-state index contributed by atoms with van der Waals surface area (Å²) in [6.07, 6.45) is 1.16. The highest BCUT2D eigenvalue weighted by molar-refractivity contribution is 5.31. The minimum absolute atomic E-state index is 0.0782. The molecular weight excluding hydrogens is 324 g/mol. The Bertz CT molecular complexity index is 754. The van der Waals surface area contributed by atoms with Crippen molar-refractivity contribution >= 4 is 0 Å². The summed E-state index contributed by atoms with van der Waals surface area (Å²) in [6, 6.07) is 23.7. The van der Waals surface area contributed by atoms with Gasteiger partial charge < -0.3 is 15.2 Å². The summed E-state index contributed by atoms with van der Waals surface area (Å²) in [5, 5.41) is 13.7. The monoisotopic (exact) mass is 348 g/mol. The SMILES string of the molecule is Cc1ccccc1OCC(O)CNC(c1ccccc1)c1ccccn1. The van der Waals surface area contributed by atoms with Crippen LogP contribution in [-0.2, 0) is 0 Å². The molecule has 0 spiro atoms. The second kappa shape index (κ2) is 9.13. The molecule has 3 rings (SSSR count). The number of nitrogens with zero attached hydrogens (tertiary/aromatic N) is 1. The Labute approximate surface area is 154 Å². The summed E-state index contributed by atoms with van der Waals surface area (Å²) in [4.78, 5) is 4.46. The highest BCUT2D eigenvalue weighted by Gasteiger charge is 2.16. The summed E-state index contributed by atoms with van der Waals surface area (Å²) in [5.41, 5.74) is 3.09. The van der Waals surface area contributed by atoms with Crippen LogP contribution in [0.3, 0.4) is 0 Å². The molecule has 26 heavy (non-hydrogen) atoms. The fourth-order valence-electron chi connectivity index (χ4n) is 2.80. The van der Waals surface area contributed by atoms with Gasteiger partial charge in [0, 0.05) is 12.7 Å². The van der Waals surface area contributed by atoms with Crippen LogP contribution in [0.5, 0.6) is 5.75 Å². The average Bonchev–Trinajstić information content (AvgIpc) is 2.69. The van der Waals surface area contributed by atoms with Crippen molar-refractivity contribution in [3.63, 3.8) is 0 Å². The summed E-state index contributed by atoms with van der Waals surface area (Å²) in [7, 11) is 0. The number of rotatable bonds is 8. The quantitative estimate of drug-likeness (QED) is 0.654. The molecule has 0 saturated heterocycles. The maximum Gasteiger partial charge on any atom is 0.122 e. The van der Waals surface area contributed by atoms with Crippen molar-refractivity contribution in [2.75, 3.05) is 13.2 Å². The number of ether oxygens (including phenoxy) is 1. The molecular formula is C22H24N2O2. The standard InChI is InChI=1S/C22H24N2O2/c1-17-9-5-6-13-21(17)26-16-19(25)15-24-22(18-10-3-2-4-11-18)20-12-7-8-14-23-20/h2-14,19,22,24-25H,15-16H2,1H3. The van der Waals surface area contributed by atoms with E-state index in [0.717, 1.165) is 22.6 Å². The number of benzene rings is 2. The highest BCUT2D eigenvalue weighted by Crippen LogP contribution is 2.20. The first-order chi connectivity index (χ1) is 12.7. The first-order valence-electron chi connectivity index (χ1n) is 8.80. The summed E-state index contributed by atoms with van der Waals surface area (Å²) in [6.45, 7) is 2.63. The molecule has 0 fully saturated rings. The second-order valence-corrected chi connectivity index (χ2v) is 6.24. The van der Waals surface area contributed by atoms with Gasteiger partial charge in [-0.15, -0.1) is 0 Å². The van der Waals surface area contributed by atoms with Crippen LogP contribution in [0.1, 0.15) is 22.9 Å². The molecule has 1 aromatic heterocycles. The molecule has 0 aliphatic heterocycles. The number of aryl methyl sites for hydroxylation is 1. The molecule has 0 aliphatic rings. The molecule has 134 valence electrons. The number of para-hydroxylation sites is 1. The lowest BCUT2D eigenvalue weighted by atomic mass is 10.0. The van der Waals surface area contributed by atoms with Crippen LogP contribution < -0.4 is 10.1 Å². The smallest absolute Gasteiger partial charge is 0.122 e. The third-order valence-corrected chi connectivity index (χ3v) is 4.20. The van der Waals surface area contributed by atoms with Crippen molar-refractivity contribution < 1.29 is 9.84 Å². The molecule has 2 N–H and O–H groups in total. The Kier molecular flexibility index (Phi) is 6.36. The Balaban J connectivity index is 1.62. The topological polar surface area (TPSA) is 54.4 Å². The molecule has 2 unspecified atom stereocenters. The van der Waals surface area contributed by atoms with Crippen molar-refractivity contribution in [1.29, 1.82) is 0 Å². The third-order valence-electron chi connectivity index (χ3n) is 4.20. The molecule has 0 amide bonds. The molecule has 0 saturated carbocycles. The molecule has 0 radical (unpaired) electrons. The Morgan fingerprint density at radius 3 is 2.42 bits per heavy atom. The van der Waals surface area contributed by atoms with E-state index in [1.165, 1.54) is 0 Å². The fraction of sp³-hybridized carbons (Fsp3) is 0.227. The van der Waals surface area contributed by atoms with E-state index >= 15 is 0 Å². The predicted octanol–water partition coefficient (Wildman–Crippen LogP) is 3.51.